The van der Waals surface area contributed by atoms with E-state index < -0.39 is 0 Å². The first kappa shape index (κ1) is 12.1. The Morgan fingerprint density at radius 1 is 1.20 bits per heavy atom. The number of hydrogen-bond donors (Lipinski definition) is 1. The maximum Gasteiger partial charge on any atom is 0.0828 e. The molecule has 0 amide bonds. The van der Waals surface area contributed by atoms with Crippen LogP contribution in [0.1, 0.15) is 45.1 Å². The number of aryl methyl sites for hydroxylation is 1. The molecule has 15 heavy (non-hydrogen) atoms. The maximum atomic E-state index is 4.54. The van der Waals surface area contributed by atoms with E-state index in [1.807, 2.05) is 0 Å². The van der Waals surface area contributed by atoms with E-state index in [1.165, 1.54) is 11.4 Å². The summed E-state index contributed by atoms with van der Waals surface area (Å²) in [6, 6.07) is 0.429. The molecule has 0 fully saturated rings. The second-order valence-corrected chi connectivity index (χ2v) is 4.86. The largest absolute Gasteiger partial charge is 0.382 e. The Morgan fingerprint density at radius 2 is 1.80 bits per heavy atom. The van der Waals surface area contributed by atoms with Crippen molar-refractivity contribution in [3.8, 4) is 0 Å². The monoisotopic (exact) mass is 209 g/mol. The van der Waals surface area contributed by atoms with Crippen molar-refractivity contribution in [1.29, 1.82) is 0 Å². The molecule has 0 aliphatic heterocycles. The standard InChI is InChI=1S/C12H23N3/c1-8(2)7-13-12-10(5)14-15(9(3)4)11(12)6/h8-9,13H,7H2,1-6H3. The van der Waals surface area contributed by atoms with E-state index in [1.54, 1.807) is 0 Å². The van der Waals surface area contributed by atoms with Crippen LogP contribution in [0.2, 0.25) is 0 Å². The molecule has 0 radical (unpaired) electrons. The van der Waals surface area contributed by atoms with Gasteiger partial charge in [-0.3, -0.25) is 4.68 Å². The topological polar surface area (TPSA) is 29.9 Å². The molecule has 0 aliphatic rings. The van der Waals surface area contributed by atoms with E-state index in [2.05, 4.69) is 56.6 Å². The molecule has 1 N–H and O–H groups in total. The van der Waals surface area contributed by atoms with Crippen LogP contribution in [0.15, 0.2) is 0 Å². The van der Waals surface area contributed by atoms with Crippen LogP contribution in [0.3, 0.4) is 0 Å². The quantitative estimate of drug-likeness (QED) is 0.825. The van der Waals surface area contributed by atoms with Crippen LogP contribution < -0.4 is 5.32 Å². The third kappa shape index (κ3) is 2.74. The fraction of sp³-hybridized carbons (Fsp3) is 0.750. The molecule has 3 nitrogen and oxygen atoms in total. The molecule has 0 saturated heterocycles. The highest BCUT2D eigenvalue weighted by Gasteiger charge is 2.12. The summed E-state index contributed by atoms with van der Waals surface area (Å²) >= 11 is 0. The van der Waals surface area contributed by atoms with Gasteiger partial charge in [-0.05, 0) is 33.6 Å². The van der Waals surface area contributed by atoms with Crippen LogP contribution in [-0.2, 0) is 0 Å². The van der Waals surface area contributed by atoms with Gasteiger partial charge in [0.05, 0.1) is 17.1 Å². The Hall–Kier alpha value is -0.990. The Labute approximate surface area is 92.9 Å². The first-order chi connectivity index (χ1) is 6.93. The van der Waals surface area contributed by atoms with Crippen molar-refractivity contribution in [3.63, 3.8) is 0 Å². The summed E-state index contributed by atoms with van der Waals surface area (Å²) < 4.78 is 2.08. The molecule has 0 aromatic carbocycles. The zero-order valence-electron chi connectivity index (χ0n) is 10.8. The molecular formula is C12H23N3. The molecule has 86 valence electrons. The van der Waals surface area contributed by atoms with Gasteiger partial charge in [0.2, 0.25) is 0 Å². The normalized spacial score (nSPS) is 11.5. The van der Waals surface area contributed by atoms with Gasteiger partial charge in [0.1, 0.15) is 0 Å². The summed E-state index contributed by atoms with van der Waals surface area (Å²) in [5.74, 6) is 0.659. The summed E-state index contributed by atoms with van der Waals surface area (Å²) in [5, 5.41) is 8.01. The van der Waals surface area contributed by atoms with Gasteiger partial charge in [-0.25, -0.2) is 0 Å². The van der Waals surface area contributed by atoms with Gasteiger partial charge in [-0.15, -0.1) is 0 Å². The van der Waals surface area contributed by atoms with Crippen molar-refractivity contribution in [1.82, 2.24) is 9.78 Å². The Bertz CT molecular complexity index is 324. The van der Waals surface area contributed by atoms with Crippen molar-refractivity contribution >= 4 is 5.69 Å². The molecule has 1 heterocycles. The average molecular weight is 209 g/mol. The van der Waals surface area contributed by atoms with E-state index in [0.29, 0.717) is 12.0 Å². The van der Waals surface area contributed by atoms with Crippen LogP contribution in [0.25, 0.3) is 0 Å². The fourth-order valence-corrected chi connectivity index (χ4v) is 1.73. The van der Waals surface area contributed by atoms with Crippen molar-refractivity contribution in [2.75, 3.05) is 11.9 Å². The fourth-order valence-electron chi connectivity index (χ4n) is 1.73. The third-order valence-corrected chi connectivity index (χ3v) is 2.50. The first-order valence-electron chi connectivity index (χ1n) is 5.73. The average Bonchev–Trinajstić information content (AvgIpc) is 2.39. The van der Waals surface area contributed by atoms with Crippen LogP contribution in [-0.4, -0.2) is 16.3 Å². The maximum absolute atomic E-state index is 4.54. The van der Waals surface area contributed by atoms with Crippen LogP contribution in [0.4, 0.5) is 5.69 Å². The van der Waals surface area contributed by atoms with Crippen molar-refractivity contribution in [3.05, 3.63) is 11.4 Å². The lowest BCUT2D eigenvalue weighted by atomic mass is 10.2. The minimum atomic E-state index is 0.429. The van der Waals surface area contributed by atoms with Crippen molar-refractivity contribution < 1.29 is 0 Å². The van der Waals surface area contributed by atoms with Crippen molar-refractivity contribution in [2.45, 2.75) is 47.6 Å². The summed E-state index contributed by atoms with van der Waals surface area (Å²) in [6.45, 7) is 13.9. The second-order valence-electron chi connectivity index (χ2n) is 4.86. The van der Waals surface area contributed by atoms with Gasteiger partial charge in [0.15, 0.2) is 0 Å². The lowest BCUT2D eigenvalue weighted by Gasteiger charge is -2.11. The third-order valence-electron chi connectivity index (χ3n) is 2.50. The van der Waals surface area contributed by atoms with Crippen LogP contribution in [0.5, 0.6) is 0 Å². The highest BCUT2D eigenvalue weighted by atomic mass is 15.3. The number of nitrogens with one attached hydrogen (secondary N) is 1. The molecule has 0 bridgehead atoms. The molecule has 0 unspecified atom stereocenters. The first-order valence-corrected chi connectivity index (χ1v) is 5.73. The molecular weight excluding hydrogens is 186 g/mol. The Balaban J connectivity index is 2.88. The molecule has 0 spiro atoms. The zero-order valence-corrected chi connectivity index (χ0v) is 10.8. The van der Waals surface area contributed by atoms with E-state index in [0.717, 1.165) is 12.2 Å². The van der Waals surface area contributed by atoms with Gasteiger partial charge in [-0.2, -0.15) is 5.10 Å². The molecule has 1 aromatic heterocycles. The lowest BCUT2D eigenvalue weighted by molar-refractivity contribution is 0.516. The lowest BCUT2D eigenvalue weighted by Crippen LogP contribution is -2.10. The molecule has 0 saturated carbocycles. The van der Waals surface area contributed by atoms with E-state index in [-0.39, 0.29) is 0 Å². The molecule has 1 rings (SSSR count). The molecule has 0 aliphatic carbocycles. The van der Waals surface area contributed by atoms with E-state index in [4.69, 9.17) is 0 Å². The second kappa shape index (κ2) is 4.69. The number of nitrogens with zero attached hydrogens (tertiary/aromatic N) is 2. The van der Waals surface area contributed by atoms with Crippen molar-refractivity contribution in [2.24, 2.45) is 5.92 Å². The number of rotatable bonds is 4. The van der Waals surface area contributed by atoms with E-state index >= 15 is 0 Å². The highest BCUT2D eigenvalue weighted by Crippen LogP contribution is 2.22. The minimum absolute atomic E-state index is 0.429. The Morgan fingerprint density at radius 3 is 2.20 bits per heavy atom. The zero-order chi connectivity index (χ0) is 11.6. The SMILES string of the molecule is Cc1nn(C(C)C)c(C)c1NCC(C)C. The summed E-state index contributed by atoms with van der Waals surface area (Å²) in [5.41, 5.74) is 3.54. The van der Waals surface area contributed by atoms with Gasteiger partial charge in [0.25, 0.3) is 0 Å². The Kier molecular flexibility index (Phi) is 3.77. The summed E-state index contributed by atoms with van der Waals surface area (Å²) in [4.78, 5) is 0. The number of anilines is 1. The highest BCUT2D eigenvalue weighted by molar-refractivity contribution is 5.52. The minimum Gasteiger partial charge on any atom is -0.382 e. The molecule has 3 heteroatoms. The van der Waals surface area contributed by atoms with Crippen LogP contribution >= 0.6 is 0 Å². The van der Waals surface area contributed by atoms with Gasteiger partial charge in [0, 0.05) is 12.6 Å². The predicted octanol–water partition coefficient (Wildman–Crippen LogP) is 3.15. The number of aromatic nitrogens is 2. The smallest absolute Gasteiger partial charge is 0.0828 e. The molecule has 1 aromatic rings. The predicted molar refractivity (Wildman–Crippen MR) is 65.4 cm³/mol. The van der Waals surface area contributed by atoms with Crippen LogP contribution in [0, 0.1) is 19.8 Å². The van der Waals surface area contributed by atoms with Gasteiger partial charge >= 0.3 is 0 Å². The van der Waals surface area contributed by atoms with Gasteiger partial charge in [-0.1, -0.05) is 13.8 Å². The van der Waals surface area contributed by atoms with Gasteiger partial charge < -0.3 is 5.32 Å². The summed E-state index contributed by atoms with van der Waals surface area (Å²) in [6.07, 6.45) is 0. The molecule has 0 atom stereocenters. The summed E-state index contributed by atoms with van der Waals surface area (Å²) in [7, 11) is 0. The van der Waals surface area contributed by atoms with E-state index in [9.17, 15) is 0 Å². The number of hydrogen-bond acceptors (Lipinski definition) is 2.